The standard InChI is InChI=1S/C6H8O7.C4H6O6/c7-3(8)1-6(13,5(11)12)2-4(9)10;5-1(3(7)8)2(6)4(9)10/h13H,1-2H2,(H,7,8)(H,9,10)(H,11,12);1-2,5-6H,(H,7,8)(H,9,10)/t;1-,2-/m.0/s1. The van der Waals surface area contributed by atoms with Gasteiger partial charge in [0.1, 0.15) is 0 Å². The van der Waals surface area contributed by atoms with Gasteiger partial charge in [-0.25, -0.2) is 14.4 Å². The van der Waals surface area contributed by atoms with Gasteiger partial charge in [0.15, 0.2) is 17.8 Å². The van der Waals surface area contributed by atoms with Crippen molar-refractivity contribution in [1.29, 1.82) is 0 Å². The molecule has 0 rings (SSSR count). The Morgan fingerprint density at radius 1 is 0.696 bits per heavy atom. The molecule has 2 atom stereocenters. The van der Waals surface area contributed by atoms with Crippen molar-refractivity contribution in [1.82, 2.24) is 0 Å². The number of aliphatic hydroxyl groups excluding tert-OH is 2. The molecule has 0 saturated carbocycles. The van der Waals surface area contributed by atoms with Crippen molar-refractivity contribution < 1.29 is 64.8 Å². The van der Waals surface area contributed by atoms with E-state index in [0.29, 0.717) is 0 Å². The minimum Gasteiger partial charge on any atom is -0.481 e. The van der Waals surface area contributed by atoms with E-state index < -0.39 is 60.5 Å². The van der Waals surface area contributed by atoms with E-state index in [0.717, 1.165) is 0 Å². The Labute approximate surface area is 126 Å². The van der Waals surface area contributed by atoms with Crippen molar-refractivity contribution in [2.75, 3.05) is 0 Å². The zero-order chi connectivity index (χ0) is 19.0. The maximum absolute atomic E-state index is 10.3. The van der Waals surface area contributed by atoms with Gasteiger partial charge in [0.05, 0.1) is 12.8 Å². The fourth-order valence-corrected chi connectivity index (χ4v) is 0.984. The first kappa shape index (κ1) is 22.5. The number of carboxylic acids is 5. The second-order valence-electron chi connectivity index (χ2n) is 4.04. The lowest BCUT2D eigenvalue weighted by Crippen LogP contribution is -2.42. The van der Waals surface area contributed by atoms with Crippen molar-refractivity contribution in [3.63, 3.8) is 0 Å². The highest BCUT2D eigenvalue weighted by atomic mass is 16.4. The molecule has 0 spiro atoms. The topological polar surface area (TPSA) is 247 Å². The van der Waals surface area contributed by atoms with Gasteiger partial charge in [-0.15, -0.1) is 0 Å². The van der Waals surface area contributed by atoms with E-state index in [1.807, 2.05) is 0 Å². The molecular weight excluding hydrogens is 328 g/mol. The van der Waals surface area contributed by atoms with Gasteiger partial charge in [0.2, 0.25) is 0 Å². The summed E-state index contributed by atoms with van der Waals surface area (Å²) in [4.78, 5) is 50.0. The summed E-state index contributed by atoms with van der Waals surface area (Å²) in [5.74, 6) is -8.56. The van der Waals surface area contributed by atoms with Crippen molar-refractivity contribution in [2.45, 2.75) is 30.7 Å². The van der Waals surface area contributed by atoms with Crippen LogP contribution in [0.4, 0.5) is 0 Å². The van der Waals surface area contributed by atoms with Gasteiger partial charge in [0, 0.05) is 0 Å². The maximum Gasteiger partial charge on any atom is 0.336 e. The van der Waals surface area contributed by atoms with Crippen molar-refractivity contribution in [3.05, 3.63) is 0 Å². The van der Waals surface area contributed by atoms with Crippen LogP contribution >= 0.6 is 0 Å². The number of carboxylic acid groups (broad SMARTS) is 5. The Morgan fingerprint density at radius 3 is 1.09 bits per heavy atom. The van der Waals surface area contributed by atoms with Gasteiger partial charge in [-0.1, -0.05) is 0 Å². The summed E-state index contributed by atoms with van der Waals surface area (Å²) < 4.78 is 0. The third kappa shape index (κ3) is 8.97. The summed E-state index contributed by atoms with van der Waals surface area (Å²) in [5.41, 5.74) is -2.74. The lowest BCUT2D eigenvalue weighted by Gasteiger charge is -2.18. The van der Waals surface area contributed by atoms with E-state index in [9.17, 15) is 24.0 Å². The molecule has 0 aromatic rings. The summed E-state index contributed by atoms with van der Waals surface area (Å²) in [6.45, 7) is 0. The number of rotatable bonds is 8. The molecule has 132 valence electrons. The van der Waals surface area contributed by atoms with Gasteiger partial charge in [0.25, 0.3) is 0 Å². The quantitative estimate of drug-likeness (QED) is 0.215. The minimum atomic E-state index is -2.74. The molecule has 0 saturated heterocycles. The molecule has 23 heavy (non-hydrogen) atoms. The average Bonchev–Trinajstić information content (AvgIpc) is 2.35. The third-order valence-electron chi connectivity index (χ3n) is 2.09. The lowest BCUT2D eigenvalue weighted by molar-refractivity contribution is -0.170. The van der Waals surface area contributed by atoms with Crippen LogP contribution in [0.15, 0.2) is 0 Å². The van der Waals surface area contributed by atoms with Gasteiger partial charge in [-0.3, -0.25) is 9.59 Å². The summed E-state index contributed by atoms with van der Waals surface area (Å²) in [6.07, 6.45) is -6.82. The zero-order valence-corrected chi connectivity index (χ0v) is 11.2. The third-order valence-corrected chi connectivity index (χ3v) is 2.09. The van der Waals surface area contributed by atoms with Crippen molar-refractivity contribution in [3.8, 4) is 0 Å². The van der Waals surface area contributed by atoms with E-state index in [-0.39, 0.29) is 0 Å². The van der Waals surface area contributed by atoms with E-state index in [4.69, 9.17) is 40.9 Å². The number of hydrogen-bond donors (Lipinski definition) is 8. The molecule has 0 fully saturated rings. The predicted octanol–water partition coefficient (Wildman–Crippen LogP) is -3.37. The van der Waals surface area contributed by atoms with Crippen LogP contribution in [0, 0.1) is 0 Å². The summed E-state index contributed by atoms with van der Waals surface area (Å²) in [7, 11) is 0. The van der Waals surface area contributed by atoms with E-state index >= 15 is 0 Å². The average molecular weight is 342 g/mol. The van der Waals surface area contributed by atoms with Crippen LogP contribution in [0.25, 0.3) is 0 Å². The molecule has 0 aromatic carbocycles. The largest absolute Gasteiger partial charge is 0.481 e. The van der Waals surface area contributed by atoms with Gasteiger partial charge in [-0.05, 0) is 0 Å². The zero-order valence-electron chi connectivity index (χ0n) is 11.2. The molecule has 0 aromatic heterocycles. The normalized spacial score (nSPS) is 13.0. The number of carbonyl (C=O) groups is 5. The molecule has 13 heteroatoms. The van der Waals surface area contributed by atoms with Crippen LogP contribution < -0.4 is 0 Å². The smallest absolute Gasteiger partial charge is 0.336 e. The molecule has 0 aliphatic heterocycles. The molecule has 0 radical (unpaired) electrons. The molecule has 0 unspecified atom stereocenters. The van der Waals surface area contributed by atoms with Crippen molar-refractivity contribution in [2.24, 2.45) is 0 Å². The van der Waals surface area contributed by atoms with Crippen LogP contribution in [0.3, 0.4) is 0 Å². The van der Waals surface area contributed by atoms with E-state index in [2.05, 4.69) is 0 Å². The molecule has 0 bridgehead atoms. The number of hydrogen-bond acceptors (Lipinski definition) is 8. The number of aliphatic carboxylic acids is 5. The first-order valence-electron chi connectivity index (χ1n) is 5.45. The Kier molecular flexibility index (Phi) is 9.09. The maximum atomic E-state index is 10.3. The Bertz CT molecular complexity index is 447. The van der Waals surface area contributed by atoms with Crippen LogP contribution in [0.2, 0.25) is 0 Å². The van der Waals surface area contributed by atoms with Gasteiger partial charge in [-0.2, -0.15) is 0 Å². The highest BCUT2D eigenvalue weighted by Crippen LogP contribution is 2.15. The van der Waals surface area contributed by atoms with Gasteiger partial charge >= 0.3 is 29.8 Å². The molecule has 0 amide bonds. The monoisotopic (exact) mass is 342 g/mol. The first-order valence-corrected chi connectivity index (χ1v) is 5.45. The summed E-state index contributed by atoms with van der Waals surface area (Å²) in [6, 6.07) is 0. The number of aliphatic hydroxyl groups is 3. The highest BCUT2D eigenvalue weighted by molar-refractivity contribution is 5.88. The van der Waals surface area contributed by atoms with Crippen LogP contribution in [-0.4, -0.2) is 88.5 Å². The molecule has 0 heterocycles. The fraction of sp³-hybridized carbons (Fsp3) is 0.500. The van der Waals surface area contributed by atoms with Crippen LogP contribution in [0.5, 0.6) is 0 Å². The Morgan fingerprint density at radius 2 is 0.957 bits per heavy atom. The van der Waals surface area contributed by atoms with Gasteiger partial charge < -0.3 is 40.9 Å². The molecular formula is C10H14O13. The second-order valence-corrected chi connectivity index (χ2v) is 4.04. The van der Waals surface area contributed by atoms with Crippen molar-refractivity contribution >= 4 is 29.8 Å². The molecule has 0 aliphatic rings. The Balaban J connectivity index is 0. The molecule has 13 nitrogen and oxygen atoms in total. The van der Waals surface area contributed by atoms with Crippen LogP contribution in [-0.2, 0) is 24.0 Å². The molecule has 0 aliphatic carbocycles. The summed E-state index contributed by atoms with van der Waals surface area (Å²) in [5, 5.41) is 66.3. The Hall–Kier alpha value is -2.77. The minimum absolute atomic E-state index is 1.14. The van der Waals surface area contributed by atoms with E-state index in [1.54, 1.807) is 0 Å². The van der Waals surface area contributed by atoms with E-state index in [1.165, 1.54) is 0 Å². The summed E-state index contributed by atoms with van der Waals surface area (Å²) >= 11 is 0. The SMILES string of the molecule is O=C(O)CC(O)(CC(=O)O)C(=O)O.O=C(O)[C@@H](O)[C@H](O)C(=O)O. The highest BCUT2D eigenvalue weighted by Gasteiger charge is 2.40. The predicted molar refractivity (Wildman–Crippen MR) is 64.4 cm³/mol. The lowest BCUT2D eigenvalue weighted by atomic mass is 9.96. The van der Waals surface area contributed by atoms with Crippen LogP contribution in [0.1, 0.15) is 12.8 Å². The first-order chi connectivity index (χ1) is 10.2. The fourth-order valence-electron chi connectivity index (χ4n) is 0.984. The second kappa shape index (κ2) is 9.29. The molecule has 8 N–H and O–H groups in total.